The number of ether oxygens (including phenoxy) is 3. The quantitative estimate of drug-likeness (QED) is 0.722. The highest BCUT2D eigenvalue weighted by Gasteiger charge is 2.26. The van der Waals surface area contributed by atoms with Gasteiger partial charge in [0.1, 0.15) is 0 Å². The maximum absolute atomic E-state index is 6.11. The molecule has 14 heavy (non-hydrogen) atoms. The van der Waals surface area contributed by atoms with Crippen molar-refractivity contribution in [3.8, 4) is 0 Å². The summed E-state index contributed by atoms with van der Waals surface area (Å²) < 4.78 is 16.1. The van der Waals surface area contributed by atoms with E-state index in [1.54, 1.807) is 0 Å². The van der Waals surface area contributed by atoms with E-state index in [9.17, 15) is 0 Å². The zero-order valence-corrected chi connectivity index (χ0v) is 8.48. The standard InChI is InChI=1S/C10H19NO3/c11-9(7-10-13-5-6-14-10)8-1-3-12-4-2-8/h8-10H,1-7,11H2. The highest BCUT2D eigenvalue weighted by atomic mass is 16.7. The van der Waals surface area contributed by atoms with Crippen LogP contribution in [0.15, 0.2) is 0 Å². The minimum Gasteiger partial charge on any atom is -0.381 e. The normalized spacial score (nSPS) is 28.1. The summed E-state index contributed by atoms with van der Waals surface area (Å²) in [5, 5.41) is 0. The van der Waals surface area contributed by atoms with Crippen molar-refractivity contribution in [2.24, 2.45) is 11.7 Å². The zero-order chi connectivity index (χ0) is 9.80. The molecule has 2 aliphatic rings. The predicted molar refractivity (Wildman–Crippen MR) is 51.8 cm³/mol. The maximum Gasteiger partial charge on any atom is 0.159 e. The third-order valence-electron chi connectivity index (χ3n) is 3.03. The predicted octanol–water partition coefficient (Wildman–Crippen LogP) is 0.503. The summed E-state index contributed by atoms with van der Waals surface area (Å²) in [6.07, 6.45) is 2.92. The summed E-state index contributed by atoms with van der Waals surface area (Å²) in [6, 6.07) is 0.196. The minimum absolute atomic E-state index is 0.0622. The van der Waals surface area contributed by atoms with E-state index in [4.69, 9.17) is 19.9 Å². The number of nitrogens with two attached hydrogens (primary N) is 1. The van der Waals surface area contributed by atoms with E-state index in [0.29, 0.717) is 19.1 Å². The van der Waals surface area contributed by atoms with Crippen LogP contribution in [0.3, 0.4) is 0 Å². The van der Waals surface area contributed by atoms with E-state index in [2.05, 4.69) is 0 Å². The molecule has 1 unspecified atom stereocenters. The first-order chi connectivity index (χ1) is 6.86. The fraction of sp³-hybridized carbons (Fsp3) is 1.00. The molecule has 0 spiro atoms. The molecule has 2 rings (SSSR count). The molecule has 0 aromatic heterocycles. The van der Waals surface area contributed by atoms with Gasteiger partial charge in [0.2, 0.25) is 0 Å². The second-order valence-corrected chi connectivity index (χ2v) is 4.02. The molecule has 0 aromatic rings. The number of hydrogen-bond donors (Lipinski definition) is 1. The molecule has 2 saturated heterocycles. The lowest BCUT2D eigenvalue weighted by molar-refractivity contribution is -0.0577. The summed E-state index contributed by atoms with van der Waals surface area (Å²) in [5.74, 6) is 0.580. The van der Waals surface area contributed by atoms with Crippen LogP contribution in [-0.4, -0.2) is 38.8 Å². The van der Waals surface area contributed by atoms with Crippen LogP contribution in [0.1, 0.15) is 19.3 Å². The Bertz CT molecular complexity index is 165. The summed E-state index contributed by atoms with van der Waals surface area (Å²) in [4.78, 5) is 0. The number of rotatable bonds is 3. The topological polar surface area (TPSA) is 53.7 Å². The van der Waals surface area contributed by atoms with Gasteiger partial charge in [0.05, 0.1) is 13.2 Å². The molecule has 0 amide bonds. The fourth-order valence-electron chi connectivity index (χ4n) is 2.10. The maximum atomic E-state index is 6.11. The number of hydrogen-bond acceptors (Lipinski definition) is 4. The largest absolute Gasteiger partial charge is 0.381 e. The van der Waals surface area contributed by atoms with Crippen LogP contribution in [0.5, 0.6) is 0 Å². The van der Waals surface area contributed by atoms with Crippen molar-refractivity contribution in [1.82, 2.24) is 0 Å². The molecule has 2 N–H and O–H groups in total. The van der Waals surface area contributed by atoms with Crippen molar-refractivity contribution in [3.63, 3.8) is 0 Å². The van der Waals surface area contributed by atoms with Crippen molar-refractivity contribution in [2.45, 2.75) is 31.6 Å². The first kappa shape index (κ1) is 10.4. The third kappa shape index (κ3) is 2.67. The van der Waals surface area contributed by atoms with E-state index in [-0.39, 0.29) is 12.3 Å². The second-order valence-electron chi connectivity index (χ2n) is 4.02. The van der Waals surface area contributed by atoms with Crippen molar-refractivity contribution < 1.29 is 14.2 Å². The van der Waals surface area contributed by atoms with E-state index in [0.717, 1.165) is 32.5 Å². The van der Waals surface area contributed by atoms with Crippen molar-refractivity contribution >= 4 is 0 Å². The van der Waals surface area contributed by atoms with E-state index in [1.165, 1.54) is 0 Å². The van der Waals surface area contributed by atoms with E-state index < -0.39 is 0 Å². The molecular formula is C10H19NO3. The summed E-state index contributed by atoms with van der Waals surface area (Å²) >= 11 is 0. The van der Waals surface area contributed by atoms with Crippen LogP contribution in [0, 0.1) is 5.92 Å². The average molecular weight is 201 g/mol. The summed E-state index contributed by atoms with van der Waals surface area (Å²) in [7, 11) is 0. The van der Waals surface area contributed by atoms with Gasteiger partial charge in [-0.15, -0.1) is 0 Å². The smallest absolute Gasteiger partial charge is 0.159 e. The van der Waals surface area contributed by atoms with Crippen molar-refractivity contribution in [2.75, 3.05) is 26.4 Å². The molecule has 82 valence electrons. The SMILES string of the molecule is NC(CC1OCCO1)C1CCOCC1. The zero-order valence-electron chi connectivity index (χ0n) is 8.48. The highest BCUT2D eigenvalue weighted by Crippen LogP contribution is 2.22. The van der Waals surface area contributed by atoms with Crippen LogP contribution >= 0.6 is 0 Å². The van der Waals surface area contributed by atoms with Crippen LogP contribution in [0.2, 0.25) is 0 Å². The first-order valence-electron chi connectivity index (χ1n) is 5.43. The van der Waals surface area contributed by atoms with Gasteiger partial charge in [0.15, 0.2) is 6.29 Å². The Balaban J connectivity index is 1.72. The Hall–Kier alpha value is -0.160. The molecule has 2 fully saturated rings. The summed E-state index contributed by atoms with van der Waals surface area (Å²) in [5.41, 5.74) is 6.11. The first-order valence-corrected chi connectivity index (χ1v) is 5.43. The van der Waals surface area contributed by atoms with Crippen molar-refractivity contribution in [1.29, 1.82) is 0 Å². The van der Waals surface area contributed by atoms with Crippen LogP contribution in [0.4, 0.5) is 0 Å². The molecule has 2 heterocycles. The molecule has 0 aromatic carbocycles. The Labute approximate surface area is 84.7 Å². The Kier molecular flexibility index (Phi) is 3.75. The Morgan fingerprint density at radius 2 is 1.71 bits per heavy atom. The lowest BCUT2D eigenvalue weighted by atomic mass is 9.90. The monoisotopic (exact) mass is 201 g/mol. The molecule has 2 aliphatic heterocycles. The molecule has 1 atom stereocenters. The van der Waals surface area contributed by atoms with Gasteiger partial charge in [0.25, 0.3) is 0 Å². The van der Waals surface area contributed by atoms with Gasteiger partial charge in [-0.3, -0.25) is 0 Å². The lowest BCUT2D eigenvalue weighted by Gasteiger charge is -2.28. The Morgan fingerprint density at radius 3 is 2.36 bits per heavy atom. The minimum atomic E-state index is -0.0622. The second kappa shape index (κ2) is 5.07. The van der Waals surface area contributed by atoms with Crippen molar-refractivity contribution in [3.05, 3.63) is 0 Å². The molecule has 4 heteroatoms. The molecule has 0 saturated carbocycles. The molecule has 0 radical (unpaired) electrons. The van der Waals surface area contributed by atoms with Gasteiger partial charge in [-0.25, -0.2) is 0 Å². The van der Waals surface area contributed by atoms with Crippen LogP contribution in [0.25, 0.3) is 0 Å². The van der Waals surface area contributed by atoms with Gasteiger partial charge in [0, 0.05) is 25.7 Å². The third-order valence-corrected chi connectivity index (χ3v) is 3.03. The molecular weight excluding hydrogens is 182 g/mol. The molecule has 0 bridgehead atoms. The molecule has 4 nitrogen and oxygen atoms in total. The Morgan fingerprint density at radius 1 is 1.07 bits per heavy atom. The van der Waals surface area contributed by atoms with E-state index in [1.807, 2.05) is 0 Å². The molecule has 0 aliphatic carbocycles. The van der Waals surface area contributed by atoms with Gasteiger partial charge in [-0.05, 0) is 18.8 Å². The van der Waals surface area contributed by atoms with Gasteiger partial charge < -0.3 is 19.9 Å². The van der Waals surface area contributed by atoms with Crippen LogP contribution in [-0.2, 0) is 14.2 Å². The van der Waals surface area contributed by atoms with Gasteiger partial charge >= 0.3 is 0 Å². The van der Waals surface area contributed by atoms with Gasteiger partial charge in [-0.1, -0.05) is 0 Å². The fourth-order valence-corrected chi connectivity index (χ4v) is 2.10. The summed E-state index contributed by atoms with van der Waals surface area (Å²) in [6.45, 7) is 3.13. The average Bonchev–Trinajstić information content (AvgIpc) is 2.72. The van der Waals surface area contributed by atoms with Crippen LogP contribution < -0.4 is 5.73 Å². The highest BCUT2D eigenvalue weighted by molar-refractivity contribution is 4.77. The van der Waals surface area contributed by atoms with Gasteiger partial charge in [-0.2, -0.15) is 0 Å². The lowest BCUT2D eigenvalue weighted by Crippen LogP contribution is -2.37. The van der Waals surface area contributed by atoms with E-state index >= 15 is 0 Å².